The molecule has 6 heteroatoms. The summed E-state index contributed by atoms with van der Waals surface area (Å²) in [7, 11) is 0. The Morgan fingerprint density at radius 3 is 2.79 bits per heavy atom. The lowest BCUT2D eigenvalue weighted by molar-refractivity contribution is 0.0691. The van der Waals surface area contributed by atoms with Gasteiger partial charge in [-0.25, -0.2) is 14.8 Å². The molecule has 1 aliphatic heterocycles. The number of fused-ring (bicyclic) bond motifs is 1. The van der Waals surface area contributed by atoms with Gasteiger partial charge in [-0.05, 0) is 25.0 Å². The molecule has 3 rings (SSSR count). The van der Waals surface area contributed by atoms with Crippen LogP contribution in [0, 0.1) is 0 Å². The van der Waals surface area contributed by atoms with Gasteiger partial charge in [-0.3, -0.25) is 0 Å². The van der Waals surface area contributed by atoms with Gasteiger partial charge in [0.1, 0.15) is 0 Å². The number of carboxylic acids is 1. The van der Waals surface area contributed by atoms with Crippen molar-refractivity contribution in [1.29, 1.82) is 0 Å². The molecule has 6 nitrogen and oxygen atoms in total. The minimum absolute atomic E-state index is 0.00870. The van der Waals surface area contributed by atoms with Crippen molar-refractivity contribution < 1.29 is 9.90 Å². The maximum Gasteiger partial charge on any atom is 0.356 e. The van der Waals surface area contributed by atoms with Crippen LogP contribution < -0.4 is 10.6 Å². The van der Waals surface area contributed by atoms with Crippen molar-refractivity contribution in [1.82, 2.24) is 9.97 Å². The lowest BCUT2D eigenvalue weighted by Crippen LogP contribution is -2.23. The van der Waals surface area contributed by atoms with Crippen LogP contribution in [0.1, 0.15) is 23.3 Å². The highest BCUT2D eigenvalue weighted by Crippen LogP contribution is 2.34. The second kappa shape index (κ2) is 4.38. The Morgan fingerprint density at radius 1 is 1.37 bits per heavy atom. The van der Waals surface area contributed by atoms with Crippen molar-refractivity contribution in [2.45, 2.75) is 12.8 Å². The second-order valence-corrected chi connectivity index (χ2v) is 4.60. The first-order valence-electron chi connectivity index (χ1n) is 6.21. The molecule has 1 saturated heterocycles. The van der Waals surface area contributed by atoms with Crippen LogP contribution in [-0.2, 0) is 0 Å². The lowest BCUT2D eigenvalue weighted by atomic mass is 10.1. The summed E-state index contributed by atoms with van der Waals surface area (Å²) < 4.78 is 0. The number of anilines is 2. The summed E-state index contributed by atoms with van der Waals surface area (Å²) in [6, 6.07) is 3.59. The van der Waals surface area contributed by atoms with Crippen molar-refractivity contribution in [2.24, 2.45) is 0 Å². The summed E-state index contributed by atoms with van der Waals surface area (Å²) in [6.45, 7) is 1.63. The Balaban J connectivity index is 2.29. The third kappa shape index (κ3) is 1.85. The molecule has 0 aromatic carbocycles. The third-order valence-electron chi connectivity index (χ3n) is 3.40. The summed E-state index contributed by atoms with van der Waals surface area (Å²) in [5.74, 6) is -1.07. The van der Waals surface area contributed by atoms with E-state index >= 15 is 0 Å². The largest absolute Gasteiger partial charge is 0.476 e. The predicted octanol–water partition coefficient (Wildman–Crippen LogP) is 1.51. The molecule has 2 aromatic rings. The highest BCUT2D eigenvalue weighted by molar-refractivity contribution is 6.04. The van der Waals surface area contributed by atoms with Crippen LogP contribution in [0.4, 0.5) is 11.4 Å². The quantitative estimate of drug-likeness (QED) is 0.848. The van der Waals surface area contributed by atoms with Gasteiger partial charge < -0.3 is 15.7 Å². The van der Waals surface area contributed by atoms with Crippen molar-refractivity contribution in [3.63, 3.8) is 0 Å². The minimum Gasteiger partial charge on any atom is -0.476 e. The molecule has 0 bridgehead atoms. The first kappa shape index (κ1) is 11.7. The lowest BCUT2D eigenvalue weighted by Gasteiger charge is -2.22. The molecule has 0 amide bonds. The van der Waals surface area contributed by atoms with Crippen LogP contribution >= 0.6 is 0 Å². The highest BCUT2D eigenvalue weighted by atomic mass is 16.4. The molecule has 98 valence electrons. The molecule has 19 heavy (non-hydrogen) atoms. The van der Waals surface area contributed by atoms with Gasteiger partial charge in [0.25, 0.3) is 0 Å². The molecule has 3 N–H and O–H groups in total. The molecule has 3 heterocycles. The van der Waals surface area contributed by atoms with E-state index in [4.69, 9.17) is 5.73 Å². The van der Waals surface area contributed by atoms with Gasteiger partial charge >= 0.3 is 5.97 Å². The number of hydrogen-bond donors (Lipinski definition) is 2. The number of carboxylic acid groups (broad SMARTS) is 1. The zero-order valence-electron chi connectivity index (χ0n) is 10.3. The molecule has 0 radical (unpaired) electrons. The number of aromatic nitrogens is 2. The Morgan fingerprint density at radius 2 is 2.11 bits per heavy atom. The van der Waals surface area contributed by atoms with Crippen molar-refractivity contribution in [3.8, 4) is 0 Å². The first-order valence-corrected chi connectivity index (χ1v) is 6.21. The van der Waals surface area contributed by atoms with Crippen molar-refractivity contribution in [2.75, 3.05) is 23.7 Å². The Bertz CT molecular complexity index is 650. The molecule has 1 aliphatic rings. The van der Waals surface area contributed by atoms with E-state index in [0.717, 1.165) is 25.9 Å². The van der Waals surface area contributed by atoms with Crippen LogP contribution in [0.3, 0.4) is 0 Å². The fourth-order valence-electron chi connectivity index (χ4n) is 2.52. The Labute approximate surface area is 109 Å². The number of nitrogens with zero attached hydrogens (tertiary/aromatic N) is 3. The third-order valence-corrected chi connectivity index (χ3v) is 3.40. The first-order chi connectivity index (χ1) is 9.18. The summed E-state index contributed by atoms with van der Waals surface area (Å²) in [6.07, 6.45) is 3.67. The van der Waals surface area contributed by atoms with Crippen molar-refractivity contribution >= 4 is 28.4 Å². The number of nitrogen functional groups attached to an aromatic ring is 1. The minimum atomic E-state index is -1.07. The fourth-order valence-corrected chi connectivity index (χ4v) is 2.52. The van der Waals surface area contributed by atoms with Crippen LogP contribution in [0.15, 0.2) is 18.3 Å². The standard InChI is InChI=1S/C13H14N4O2/c14-9-8-4-3-5-15-12(8)16-10(13(18)19)11(9)17-6-1-2-7-17/h3-5H,1-2,6-7H2,(H,18,19)(H2,14,15,16). The molecule has 0 saturated carbocycles. The van der Waals surface area contributed by atoms with Gasteiger partial charge in [-0.2, -0.15) is 0 Å². The highest BCUT2D eigenvalue weighted by Gasteiger charge is 2.25. The summed E-state index contributed by atoms with van der Waals surface area (Å²) in [4.78, 5) is 21.6. The van der Waals surface area contributed by atoms with Crippen molar-refractivity contribution in [3.05, 3.63) is 24.0 Å². The van der Waals surface area contributed by atoms with E-state index in [9.17, 15) is 9.90 Å². The van der Waals surface area contributed by atoms with E-state index in [-0.39, 0.29) is 5.69 Å². The maximum absolute atomic E-state index is 11.4. The zero-order valence-corrected chi connectivity index (χ0v) is 10.3. The van der Waals surface area contributed by atoms with E-state index in [2.05, 4.69) is 9.97 Å². The van der Waals surface area contributed by atoms with Gasteiger partial charge in [-0.15, -0.1) is 0 Å². The number of rotatable bonds is 2. The maximum atomic E-state index is 11.4. The van der Waals surface area contributed by atoms with Gasteiger partial charge in [-0.1, -0.05) is 0 Å². The van der Waals surface area contributed by atoms with E-state index in [1.165, 1.54) is 0 Å². The summed E-state index contributed by atoms with van der Waals surface area (Å²) >= 11 is 0. The van der Waals surface area contributed by atoms with E-state index in [1.54, 1.807) is 12.3 Å². The summed E-state index contributed by atoms with van der Waals surface area (Å²) in [5.41, 5.74) is 7.51. The molecule has 0 unspecified atom stereocenters. The number of hydrogen-bond acceptors (Lipinski definition) is 5. The molecule has 1 fully saturated rings. The Kier molecular flexibility index (Phi) is 2.70. The number of aromatic carboxylic acids is 1. The Hall–Kier alpha value is -2.37. The number of nitrogens with two attached hydrogens (primary N) is 1. The second-order valence-electron chi connectivity index (χ2n) is 4.60. The van der Waals surface area contributed by atoms with Gasteiger partial charge in [0.2, 0.25) is 0 Å². The zero-order chi connectivity index (χ0) is 13.4. The van der Waals surface area contributed by atoms with Crippen LogP contribution in [0.5, 0.6) is 0 Å². The number of carbonyl (C=O) groups is 1. The topological polar surface area (TPSA) is 92.3 Å². The molecular weight excluding hydrogens is 244 g/mol. The fraction of sp³-hybridized carbons (Fsp3) is 0.308. The smallest absolute Gasteiger partial charge is 0.356 e. The molecule has 0 spiro atoms. The monoisotopic (exact) mass is 258 g/mol. The van der Waals surface area contributed by atoms with Crippen LogP contribution in [0.2, 0.25) is 0 Å². The summed E-state index contributed by atoms with van der Waals surface area (Å²) in [5, 5.41) is 10.0. The average molecular weight is 258 g/mol. The van der Waals surface area contributed by atoms with Gasteiger partial charge in [0.15, 0.2) is 11.3 Å². The predicted molar refractivity (Wildman–Crippen MR) is 72.4 cm³/mol. The molecular formula is C13H14N4O2. The average Bonchev–Trinajstić information content (AvgIpc) is 2.92. The SMILES string of the molecule is Nc1c(N2CCCC2)c(C(=O)O)nc2ncccc12. The van der Waals surface area contributed by atoms with Gasteiger partial charge in [0.05, 0.1) is 11.4 Å². The van der Waals surface area contributed by atoms with Crippen LogP contribution in [0.25, 0.3) is 11.0 Å². The van der Waals surface area contributed by atoms with E-state index < -0.39 is 5.97 Å². The van der Waals surface area contributed by atoms with Crippen LogP contribution in [-0.4, -0.2) is 34.1 Å². The molecule has 2 aromatic heterocycles. The normalized spacial score (nSPS) is 15.1. The van der Waals surface area contributed by atoms with E-state index in [1.807, 2.05) is 11.0 Å². The number of pyridine rings is 2. The molecule has 0 aliphatic carbocycles. The molecule has 0 atom stereocenters. The van der Waals surface area contributed by atoms with E-state index in [0.29, 0.717) is 22.4 Å². The van der Waals surface area contributed by atoms with Gasteiger partial charge in [0, 0.05) is 24.7 Å².